The number of Topliss-reactive ketones (excluding diaryl/α,β-unsaturated/α-hetero) is 3. The summed E-state index contributed by atoms with van der Waals surface area (Å²) in [5, 5.41) is 22.0. The van der Waals surface area contributed by atoms with Gasteiger partial charge in [-0.2, -0.15) is 0 Å². The molecule has 0 amide bonds. The molecule has 1 aliphatic rings. The Bertz CT molecular complexity index is 1060. The zero-order valence-corrected chi connectivity index (χ0v) is 20.6. The summed E-state index contributed by atoms with van der Waals surface area (Å²) in [6.45, 7) is 13.3. The first-order chi connectivity index (χ1) is 15.0. The van der Waals surface area contributed by atoms with Crippen molar-refractivity contribution in [2.75, 3.05) is 0 Å². The van der Waals surface area contributed by atoms with Crippen LogP contribution in [0.3, 0.4) is 0 Å². The van der Waals surface area contributed by atoms with Gasteiger partial charge in [0.2, 0.25) is 0 Å². The lowest BCUT2D eigenvalue weighted by molar-refractivity contribution is 0.0254. The van der Waals surface area contributed by atoms with Crippen molar-refractivity contribution in [3.63, 3.8) is 0 Å². The van der Waals surface area contributed by atoms with E-state index in [9.17, 15) is 24.6 Å². The zero-order chi connectivity index (χ0) is 24.9. The third-order valence-corrected chi connectivity index (χ3v) is 6.32. The van der Waals surface area contributed by atoms with Crippen molar-refractivity contribution in [3.05, 3.63) is 64.2 Å². The van der Waals surface area contributed by atoms with Gasteiger partial charge in [0.1, 0.15) is 5.75 Å². The molecule has 0 radical (unpaired) electrons. The first-order valence-electron chi connectivity index (χ1n) is 11.3. The van der Waals surface area contributed by atoms with Crippen molar-refractivity contribution in [3.8, 4) is 5.75 Å². The number of aliphatic hydroxyl groups is 1. The SMILES string of the molecule is CC(O)(CC(=O)c1cc(C(C)(C)C)c(O)c(C(C)(C)C)c1)CC1C(=O)c2ccccc2C1=O. The van der Waals surface area contributed by atoms with Crippen LogP contribution in [0.2, 0.25) is 0 Å². The van der Waals surface area contributed by atoms with Crippen LogP contribution >= 0.6 is 0 Å². The second-order valence-electron chi connectivity index (χ2n) is 11.5. The number of fused-ring (bicyclic) bond motifs is 1. The number of hydrogen-bond donors (Lipinski definition) is 2. The molecule has 2 aromatic carbocycles. The van der Waals surface area contributed by atoms with E-state index in [0.29, 0.717) is 27.8 Å². The molecule has 0 bridgehead atoms. The molecular weight excluding hydrogens is 416 g/mol. The van der Waals surface area contributed by atoms with Gasteiger partial charge in [-0.15, -0.1) is 0 Å². The highest BCUT2D eigenvalue weighted by Gasteiger charge is 2.42. The number of benzene rings is 2. The number of phenolic OH excluding ortho intramolecular Hbond substituents is 1. The molecule has 2 aromatic rings. The largest absolute Gasteiger partial charge is 0.507 e. The molecule has 5 nitrogen and oxygen atoms in total. The van der Waals surface area contributed by atoms with Gasteiger partial charge in [0.05, 0.1) is 11.5 Å². The Balaban J connectivity index is 1.89. The van der Waals surface area contributed by atoms with Crippen molar-refractivity contribution in [2.24, 2.45) is 5.92 Å². The fourth-order valence-electron chi connectivity index (χ4n) is 4.49. The fourth-order valence-corrected chi connectivity index (χ4v) is 4.49. The average Bonchev–Trinajstić information content (AvgIpc) is 2.90. The van der Waals surface area contributed by atoms with Crippen molar-refractivity contribution < 1.29 is 24.6 Å². The van der Waals surface area contributed by atoms with Gasteiger partial charge >= 0.3 is 0 Å². The molecule has 176 valence electrons. The number of aromatic hydroxyl groups is 1. The van der Waals surface area contributed by atoms with Gasteiger partial charge in [-0.1, -0.05) is 65.8 Å². The summed E-state index contributed by atoms with van der Waals surface area (Å²) in [4.78, 5) is 38.8. The lowest BCUT2D eigenvalue weighted by Gasteiger charge is -2.29. The summed E-state index contributed by atoms with van der Waals surface area (Å²) in [5.74, 6) is -1.72. The Labute approximate surface area is 195 Å². The molecule has 1 atom stereocenters. The van der Waals surface area contributed by atoms with E-state index in [-0.39, 0.29) is 35.9 Å². The second-order valence-corrected chi connectivity index (χ2v) is 11.5. The number of phenols is 1. The van der Waals surface area contributed by atoms with Gasteiger partial charge in [0, 0.05) is 34.2 Å². The molecule has 3 rings (SSSR count). The van der Waals surface area contributed by atoms with E-state index in [0.717, 1.165) is 0 Å². The van der Waals surface area contributed by atoms with Crippen LogP contribution in [0.15, 0.2) is 36.4 Å². The number of ketones is 3. The molecule has 33 heavy (non-hydrogen) atoms. The van der Waals surface area contributed by atoms with Crippen LogP contribution < -0.4 is 0 Å². The minimum atomic E-state index is -1.54. The van der Waals surface area contributed by atoms with E-state index in [1.165, 1.54) is 6.92 Å². The average molecular weight is 451 g/mol. The maximum absolute atomic E-state index is 13.3. The van der Waals surface area contributed by atoms with Gasteiger partial charge in [-0.3, -0.25) is 14.4 Å². The highest BCUT2D eigenvalue weighted by Crippen LogP contribution is 2.40. The molecule has 0 spiro atoms. The Morgan fingerprint density at radius 3 is 1.67 bits per heavy atom. The monoisotopic (exact) mass is 450 g/mol. The van der Waals surface area contributed by atoms with Gasteiger partial charge in [0.25, 0.3) is 0 Å². The predicted molar refractivity (Wildman–Crippen MR) is 128 cm³/mol. The molecule has 1 aliphatic carbocycles. The van der Waals surface area contributed by atoms with Gasteiger partial charge in [0.15, 0.2) is 17.3 Å². The molecule has 0 heterocycles. The highest BCUT2D eigenvalue weighted by atomic mass is 16.3. The Morgan fingerprint density at radius 2 is 1.27 bits per heavy atom. The van der Waals surface area contributed by atoms with Crippen LogP contribution in [-0.4, -0.2) is 33.2 Å². The first-order valence-corrected chi connectivity index (χ1v) is 11.3. The number of hydrogen-bond acceptors (Lipinski definition) is 5. The van der Waals surface area contributed by atoms with Crippen LogP contribution in [-0.2, 0) is 10.8 Å². The molecule has 0 aromatic heterocycles. The topological polar surface area (TPSA) is 91.7 Å². The molecule has 1 unspecified atom stereocenters. The molecular formula is C28H34O5. The number of carbonyl (C=O) groups excluding carboxylic acids is 3. The van der Waals surface area contributed by atoms with Crippen LogP contribution in [0.5, 0.6) is 5.75 Å². The minimum Gasteiger partial charge on any atom is -0.507 e. The standard InChI is InChI=1S/C28H34O5/c1-26(2,3)20-12-16(13-21(25(20)32)27(4,5)6)22(29)15-28(7,33)14-19-23(30)17-10-8-9-11-18(17)24(19)31/h8-13,19,32-33H,14-15H2,1-7H3. The van der Waals surface area contributed by atoms with E-state index in [1.54, 1.807) is 36.4 Å². The summed E-state index contributed by atoms with van der Waals surface area (Å²) < 4.78 is 0. The van der Waals surface area contributed by atoms with Crippen molar-refractivity contribution in [2.45, 2.75) is 77.7 Å². The summed E-state index contributed by atoms with van der Waals surface area (Å²) in [6, 6.07) is 10.0. The van der Waals surface area contributed by atoms with Crippen LogP contribution in [0, 0.1) is 5.92 Å². The van der Waals surface area contributed by atoms with E-state index >= 15 is 0 Å². The van der Waals surface area contributed by atoms with Crippen LogP contribution in [0.1, 0.15) is 104 Å². The van der Waals surface area contributed by atoms with E-state index in [2.05, 4.69) is 0 Å². The third-order valence-electron chi connectivity index (χ3n) is 6.32. The minimum absolute atomic E-state index is 0.124. The maximum atomic E-state index is 13.3. The molecule has 0 aliphatic heterocycles. The normalized spacial score (nSPS) is 16.6. The first kappa shape index (κ1) is 24.8. The van der Waals surface area contributed by atoms with E-state index in [1.807, 2.05) is 41.5 Å². The van der Waals surface area contributed by atoms with E-state index < -0.39 is 22.3 Å². The lowest BCUT2D eigenvalue weighted by Crippen LogP contribution is -2.34. The van der Waals surface area contributed by atoms with Crippen molar-refractivity contribution in [1.29, 1.82) is 0 Å². The van der Waals surface area contributed by atoms with Gasteiger partial charge in [-0.05, 0) is 36.3 Å². The quantitative estimate of drug-likeness (QED) is 0.470. The fraction of sp³-hybridized carbons (Fsp3) is 0.464. The molecule has 2 N–H and O–H groups in total. The van der Waals surface area contributed by atoms with Crippen LogP contribution in [0.4, 0.5) is 0 Å². The second kappa shape index (κ2) is 8.21. The Morgan fingerprint density at radius 1 is 0.848 bits per heavy atom. The van der Waals surface area contributed by atoms with Crippen molar-refractivity contribution >= 4 is 17.3 Å². The molecule has 5 heteroatoms. The van der Waals surface area contributed by atoms with E-state index in [4.69, 9.17) is 0 Å². The smallest absolute Gasteiger partial charge is 0.174 e. The third kappa shape index (κ3) is 4.93. The molecule has 0 saturated heterocycles. The Hall–Kier alpha value is -2.79. The zero-order valence-electron chi connectivity index (χ0n) is 20.6. The Kier molecular flexibility index (Phi) is 6.18. The summed E-state index contributed by atoms with van der Waals surface area (Å²) in [6.07, 6.45) is -0.361. The summed E-state index contributed by atoms with van der Waals surface area (Å²) in [5.41, 5.74) is 0.140. The summed E-state index contributed by atoms with van der Waals surface area (Å²) >= 11 is 0. The summed E-state index contributed by atoms with van der Waals surface area (Å²) in [7, 11) is 0. The molecule has 0 saturated carbocycles. The van der Waals surface area contributed by atoms with Crippen LogP contribution in [0.25, 0.3) is 0 Å². The van der Waals surface area contributed by atoms with Crippen molar-refractivity contribution in [1.82, 2.24) is 0 Å². The highest BCUT2D eigenvalue weighted by molar-refractivity contribution is 6.26. The lowest BCUT2D eigenvalue weighted by atomic mass is 9.77. The molecule has 0 fully saturated rings. The maximum Gasteiger partial charge on any atom is 0.174 e. The number of carbonyl (C=O) groups is 3. The van der Waals surface area contributed by atoms with Gasteiger partial charge in [-0.25, -0.2) is 0 Å². The van der Waals surface area contributed by atoms with Gasteiger partial charge < -0.3 is 10.2 Å². The number of rotatable bonds is 5. The predicted octanol–water partition coefficient (Wildman–Crippen LogP) is 5.40.